The van der Waals surface area contributed by atoms with Crippen molar-refractivity contribution in [1.29, 1.82) is 0 Å². The summed E-state index contributed by atoms with van der Waals surface area (Å²) in [6.07, 6.45) is 0.397. The molecule has 2 aromatic heterocycles. The van der Waals surface area contributed by atoms with Gasteiger partial charge in [0.2, 0.25) is 5.91 Å². The molecule has 7 heteroatoms. The molecule has 1 N–H and O–H groups in total. The zero-order chi connectivity index (χ0) is 18.4. The first-order valence-corrected chi connectivity index (χ1v) is 8.78. The average Bonchev–Trinajstić information content (AvgIpc) is 2.94. The number of hydrogen-bond acceptors (Lipinski definition) is 4. The maximum Gasteiger partial charge on any atom is 0.226 e. The van der Waals surface area contributed by atoms with Gasteiger partial charge in [-0.25, -0.2) is 0 Å². The number of anilines is 1. The zero-order valence-electron chi connectivity index (χ0n) is 14.7. The summed E-state index contributed by atoms with van der Waals surface area (Å²) in [4.78, 5) is 12.4. The van der Waals surface area contributed by atoms with Crippen LogP contribution in [-0.4, -0.2) is 25.9 Å². The van der Waals surface area contributed by atoms with Crippen LogP contribution in [0, 0.1) is 20.8 Å². The minimum absolute atomic E-state index is 0.0351. The number of nitrogens with zero attached hydrogens (tertiary/aromatic N) is 4. The van der Waals surface area contributed by atoms with Gasteiger partial charge in [0.25, 0.3) is 0 Å². The lowest BCUT2D eigenvalue weighted by molar-refractivity contribution is -0.116. The summed E-state index contributed by atoms with van der Waals surface area (Å²) < 4.78 is 1.62. The number of halogens is 1. The standard InChI is InChI=1S/C19H18ClN5O/c1-10-4-5-13(8-11(10)2)14-9-17(26)21-19-18(14)12(3)24-25(19)16-7-6-15(20)22-23-16/h4-8,14H,9H2,1-3H3,(H,21,26). The maximum atomic E-state index is 12.4. The van der Waals surface area contributed by atoms with E-state index in [1.807, 2.05) is 6.92 Å². The molecule has 3 aromatic rings. The van der Waals surface area contributed by atoms with Crippen LogP contribution in [0.25, 0.3) is 5.82 Å². The Morgan fingerprint density at radius 1 is 1.12 bits per heavy atom. The number of nitrogens with one attached hydrogen (secondary N) is 1. The fraction of sp³-hybridized carbons (Fsp3) is 0.263. The van der Waals surface area contributed by atoms with Crippen LogP contribution in [0.2, 0.25) is 5.15 Å². The molecule has 1 aliphatic heterocycles. The van der Waals surface area contributed by atoms with E-state index >= 15 is 0 Å². The average molecular weight is 368 g/mol. The van der Waals surface area contributed by atoms with Crippen LogP contribution >= 0.6 is 11.6 Å². The molecule has 0 fully saturated rings. The summed E-state index contributed by atoms with van der Waals surface area (Å²) >= 11 is 5.83. The van der Waals surface area contributed by atoms with Crippen molar-refractivity contribution in [2.24, 2.45) is 0 Å². The van der Waals surface area contributed by atoms with Crippen molar-refractivity contribution in [3.05, 3.63) is 63.4 Å². The topological polar surface area (TPSA) is 72.7 Å². The molecule has 6 nitrogen and oxygen atoms in total. The third kappa shape index (κ3) is 2.76. The van der Waals surface area contributed by atoms with E-state index in [0.29, 0.717) is 23.2 Å². The number of aryl methyl sites for hydroxylation is 3. The fourth-order valence-electron chi connectivity index (χ4n) is 3.40. The van der Waals surface area contributed by atoms with E-state index in [1.54, 1.807) is 16.8 Å². The molecule has 3 heterocycles. The van der Waals surface area contributed by atoms with Crippen molar-refractivity contribution in [2.45, 2.75) is 33.1 Å². The Balaban J connectivity index is 1.86. The van der Waals surface area contributed by atoms with Crippen molar-refractivity contribution < 1.29 is 4.79 Å². The Labute approximate surface area is 156 Å². The predicted molar refractivity (Wildman–Crippen MR) is 99.9 cm³/mol. The Morgan fingerprint density at radius 2 is 1.92 bits per heavy atom. The third-order valence-corrected chi connectivity index (χ3v) is 5.07. The van der Waals surface area contributed by atoms with E-state index < -0.39 is 0 Å². The number of carbonyl (C=O) groups excluding carboxylic acids is 1. The summed E-state index contributed by atoms with van der Waals surface area (Å²) in [6, 6.07) is 9.73. The van der Waals surface area contributed by atoms with E-state index in [1.165, 1.54) is 11.1 Å². The second-order valence-corrected chi connectivity index (χ2v) is 7.01. The highest BCUT2D eigenvalue weighted by molar-refractivity contribution is 6.29. The quantitative estimate of drug-likeness (QED) is 0.749. The lowest BCUT2D eigenvalue weighted by Crippen LogP contribution is -2.25. The Bertz CT molecular complexity index is 1010. The number of hydrogen-bond donors (Lipinski definition) is 1. The molecule has 0 spiro atoms. The summed E-state index contributed by atoms with van der Waals surface area (Å²) in [6.45, 7) is 6.12. The van der Waals surface area contributed by atoms with Gasteiger partial charge in [0.05, 0.1) is 5.69 Å². The minimum atomic E-state index is -0.0381. The van der Waals surface area contributed by atoms with Crippen molar-refractivity contribution in [3.8, 4) is 5.82 Å². The number of carbonyl (C=O) groups is 1. The van der Waals surface area contributed by atoms with Crippen LogP contribution in [0.15, 0.2) is 30.3 Å². The monoisotopic (exact) mass is 367 g/mol. The van der Waals surface area contributed by atoms with Crippen molar-refractivity contribution in [2.75, 3.05) is 5.32 Å². The van der Waals surface area contributed by atoms with Gasteiger partial charge in [-0.15, -0.1) is 10.2 Å². The van der Waals surface area contributed by atoms with Gasteiger partial charge in [0, 0.05) is 17.9 Å². The van der Waals surface area contributed by atoms with Gasteiger partial charge in [-0.1, -0.05) is 29.8 Å². The fourth-order valence-corrected chi connectivity index (χ4v) is 3.50. The van der Waals surface area contributed by atoms with Crippen LogP contribution in [0.4, 0.5) is 5.82 Å². The molecule has 1 aliphatic rings. The third-order valence-electron chi connectivity index (χ3n) is 4.87. The summed E-state index contributed by atoms with van der Waals surface area (Å²) in [7, 11) is 0. The maximum absolute atomic E-state index is 12.4. The lowest BCUT2D eigenvalue weighted by atomic mass is 9.84. The first-order chi connectivity index (χ1) is 12.4. The first-order valence-electron chi connectivity index (χ1n) is 8.40. The molecule has 1 atom stereocenters. The molecule has 26 heavy (non-hydrogen) atoms. The number of amides is 1. The van der Waals surface area contributed by atoms with Crippen LogP contribution in [0.5, 0.6) is 0 Å². The Kier molecular flexibility index (Phi) is 4.00. The first kappa shape index (κ1) is 16.7. The molecular weight excluding hydrogens is 350 g/mol. The number of aromatic nitrogens is 4. The molecule has 1 aromatic carbocycles. The van der Waals surface area contributed by atoms with E-state index in [-0.39, 0.29) is 11.8 Å². The Hall–Kier alpha value is -2.73. The van der Waals surface area contributed by atoms with E-state index in [4.69, 9.17) is 11.6 Å². The van der Waals surface area contributed by atoms with Crippen molar-refractivity contribution in [3.63, 3.8) is 0 Å². The molecule has 0 aliphatic carbocycles. The van der Waals surface area contributed by atoms with Gasteiger partial charge in [0.15, 0.2) is 11.0 Å². The molecule has 0 saturated carbocycles. The van der Waals surface area contributed by atoms with Crippen LogP contribution in [0.1, 0.15) is 40.3 Å². The molecule has 0 saturated heterocycles. The van der Waals surface area contributed by atoms with Crippen molar-refractivity contribution >= 4 is 23.3 Å². The van der Waals surface area contributed by atoms with Crippen LogP contribution < -0.4 is 5.32 Å². The highest BCUT2D eigenvalue weighted by atomic mass is 35.5. The number of fused-ring (bicyclic) bond motifs is 1. The molecular formula is C19H18ClN5O. The molecule has 1 amide bonds. The van der Waals surface area contributed by atoms with E-state index in [2.05, 4.69) is 52.7 Å². The zero-order valence-corrected chi connectivity index (χ0v) is 15.5. The molecule has 0 radical (unpaired) electrons. The summed E-state index contributed by atoms with van der Waals surface area (Å²) in [5.41, 5.74) is 5.44. The normalized spacial score (nSPS) is 16.3. The highest BCUT2D eigenvalue weighted by Gasteiger charge is 2.33. The molecule has 1 unspecified atom stereocenters. The predicted octanol–water partition coefficient (Wildman–Crippen LogP) is 3.72. The SMILES string of the molecule is Cc1ccc(C2CC(=O)Nc3c2c(C)nn3-c2ccc(Cl)nn2)cc1C. The van der Waals surface area contributed by atoms with Gasteiger partial charge >= 0.3 is 0 Å². The largest absolute Gasteiger partial charge is 0.310 e. The van der Waals surface area contributed by atoms with Gasteiger partial charge in [-0.2, -0.15) is 9.78 Å². The van der Waals surface area contributed by atoms with E-state index in [9.17, 15) is 4.79 Å². The van der Waals surface area contributed by atoms with Crippen LogP contribution in [0.3, 0.4) is 0 Å². The summed E-state index contributed by atoms with van der Waals surface area (Å²) in [5, 5.41) is 15.8. The van der Waals surface area contributed by atoms with Crippen molar-refractivity contribution in [1.82, 2.24) is 20.0 Å². The molecule has 132 valence electrons. The number of benzene rings is 1. The van der Waals surface area contributed by atoms with Gasteiger partial charge < -0.3 is 5.32 Å². The smallest absolute Gasteiger partial charge is 0.226 e. The van der Waals surface area contributed by atoms with Gasteiger partial charge in [-0.3, -0.25) is 4.79 Å². The highest BCUT2D eigenvalue weighted by Crippen LogP contribution is 2.40. The number of rotatable bonds is 2. The Morgan fingerprint density at radius 3 is 2.62 bits per heavy atom. The van der Waals surface area contributed by atoms with Gasteiger partial charge in [0.1, 0.15) is 5.82 Å². The van der Waals surface area contributed by atoms with E-state index in [0.717, 1.165) is 16.8 Å². The molecule has 4 rings (SSSR count). The van der Waals surface area contributed by atoms with Crippen LogP contribution in [-0.2, 0) is 4.79 Å². The van der Waals surface area contributed by atoms with Gasteiger partial charge in [-0.05, 0) is 49.6 Å². The summed E-state index contributed by atoms with van der Waals surface area (Å²) in [5.74, 6) is 1.09. The second-order valence-electron chi connectivity index (χ2n) is 6.62. The molecule has 0 bridgehead atoms. The second kappa shape index (κ2) is 6.21. The lowest BCUT2D eigenvalue weighted by Gasteiger charge is -2.24. The minimum Gasteiger partial charge on any atom is -0.310 e.